The number of halogens is 1. The smallest absolute Gasteiger partial charge is 0.155 e. The van der Waals surface area contributed by atoms with Crippen LogP contribution in [0.5, 0.6) is 0 Å². The fourth-order valence-corrected chi connectivity index (χ4v) is 2.23. The van der Waals surface area contributed by atoms with E-state index in [1.807, 2.05) is 18.2 Å². The van der Waals surface area contributed by atoms with Gasteiger partial charge in [-0.1, -0.05) is 30.3 Å². The molecule has 80 valence electrons. The lowest BCUT2D eigenvalue weighted by atomic mass is 10.1. The first-order valence-corrected chi connectivity index (χ1v) is 5.95. The Morgan fingerprint density at radius 3 is 2.14 bits per heavy atom. The molecule has 0 bridgehead atoms. The molecular formula is C9H14ClNO2S. The van der Waals surface area contributed by atoms with Crippen LogP contribution in [0.3, 0.4) is 0 Å². The largest absolute Gasteiger partial charge is 0.329 e. The fraction of sp³-hybridized carbons (Fsp3) is 0.333. The Kier molecular flexibility index (Phi) is 5.12. The molecule has 1 unspecified atom stereocenters. The van der Waals surface area contributed by atoms with Gasteiger partial charge in [-0.3, -0.25) is 0 Å². The molecule has 2 N–H and O–H groups in total. The van der Waals surface area contributed by atoms with E-state index in [0.717, 1.165) is 5.56 Å². The van der Waals surface area contributed by atoms with Gasteiger partial charge in [-0.25, -0.2) is 8.42 Å². The van der Waals surface area contributed by atoms with Gasteiger partial charge in [-0.2, -0.15) is 0 Å². The Hall–Kier alpha value is -0.580. The molecule has 0 aromatic heterocycles. The molecule has 1 aromatic rings. The van der Waals surface area contributed by atoms with Crippen LogP contribution in [-0.2, 0) is 9.84 Å². The lowest BCUT2D eigenvalue weighted by molar-refractivity contribution is 0.588. The first-order chi connectivity index (χ1) is 6.05. The van der Waals surface area contributed by atoms with E-state index < -0.39 is 15.1 Å². The van der Waals surface area contributed by atoms with Gasteiger partial charge >= 0.3 is 0 Å². The molecule has 0 fully saturated rings. The standard InChI is InChI=1S/C9H13NO2S.ClH/c1-13(11,12)9(7-10)8-5-3-2-4-6-8;/h2-6,9H,7,10H2,1H3;1H. The van der Waals surface area contributed by atoms with E-state index in [1.165, 1.54) is 6.26 Å². The Balaban J connectivity index is 0.00000169. The highest BCUT2D eigenvalue weighted by Gasteiger charge is 2.20. The topological polar surface area (TPSA) is 60.2 Å². The summed E-state index contributed by atoms with van der Waals surface area (Å²) in [6.45, 7) is 0.128. The van der Waals surface area contributed by atoms with Gasteiger partial charge in [0.15, 0.2) is 9.84 Å². The molecule has 0 heterocycles. The van der Waals surface area contributed by atoms with Crippen molar-refractivity contribution in [2.24, 2.45) is 5.73 Å². The lowest BCUT2D eigenvalue weighted by Crippen LogP contribution is -2.20. The van der Waals surface area contributed by atoms with Crippen molar-refractivity contribution in [2.75, 3.05) is 12.8 Å². The van der Waals surface area contributed by atoms with Crippen molar-refractivity contribution in [1.82, 2.24) is 0 Å². The van der Waals surface area contributed by atoms with Crippen LogP contribution in [0.15, 0.2) is 30.3 Å². The van der Waals surface area contributed by atoms with Crippen LogP contribution < -0.4 is 5.73 Å². The van der Waals surface area contributed by atoms with Crippen molar-refractivity contribution in [3.8, 4) is 0 Å². The summed E-state index contributed by atoms with van der Waals surface area (Å²) in [6.07, 6.45) is 1.21. The highest BCUT2D eigenvalue weighted by atomic mass is 35.5. The SMILES string of the molecule is CS(=O)(=O)C(CN)c1ccccc1.Cl. The van der Waals surface area contributed by atoms with Crippen LogP contribution in [0.25, 0.3) is 0 Å². The molecule has 0 saturated carbocycles. The maximum Gasteiger partial charge on any atom is 0.155 e. The number of hydrogen-bond acceptors (Lipinski definition) is 3. The first-order valence-electron chi connectivity index (χ1n) is 3.99. The van der Waals surface area contributed by atoms with Gasteiger partial charge in [0.25, 0.3) is 0 Å². The highest BCUT2D eigenvalue weighted by Crippen LogP contribution is 2.19. The monoisotopic (exact) mass is 235 g/mol. The quantitative estimate of drug-likeness (QED) is 0.855. The molecule has 0 aliphatic heterocycles. The average Bonchev–Trinajstić information content (AvgIpc) is 2.05. The normalized spacial score (nSPS) is 13.0. The third-order valence-electron chi connectivity index (χ3n) is 1.90. The highest BCUT2D eigenvalue weighted by molar-refractivity contribution is 7.91. The summed E-state index contributed by atoms with van der Waals surface area (Å²) < 4.78 is 22.6. The summed E-state index contributed by atoms with van der Waals surface area (Å²) in [5, 5.41) is -0.575. The van der Waals surface area contributed by atoms with E-state index in [9.17, 15) is 8.42 Å². The Labute approximate surface area is 90.6 Å². The molecule has 14 heavy (non-hydrogen) atoms. The maximum absolute atomic E-state index is 11.3. The molecular weight excluding hydrogens is 222 g/mol. The molecule has 0 aliphatic rings. The summed E-state index contributed by atoms with van der Waals surface area (Å²) >= 11 is 0. The van der Waals surface area contributed by atoms with Crippen molar-refractivity contribution >= 4 is 22.2 Å². The molecule has 3 nitrogen and oxygen atoms in total. The van der Waals surface area contributed by atoms with Crippen molar-refractivity contribution in [2.45, 2.75) is 5.25 Å². The van der Waals surface area contributed by atoms with E-state index in [2.05, 4.69) is 0 Å². The molecule has 1 aromatic carbocycles. The van der Waals surface area contributed by atoms with Crippen LogP contribution in [0.2, 0.25) is 0 Å². The summed E-state index contributed by atoms with van der Waals surface area (Å²) in [5.74, 6) is 0. The second-order valence-electron chi connectivity index (χ2n) is 2.96. The van der Waals surface area contributed by atoms with E-state index in [0.29, 0.717) is 0 Å². The number of hydrogen-bond donors (Lipinski definition) is 1. The zero-order valence-electron chi connectivity index (χ0n) is 7.88. The van der Waals surface area contributed by atoms with Gasteiger partial charge < -0.3 is 5.73 Å². The zero-order valence-corrected chi connectivity index (χ0v) is 9.51. The molecule has 0 saturated heterocycles. The molecule has 5 heteroatoms. The van der Waals surface area contributed by atoms with E-state index in [-0.39, 0.29) is 19.0 Å². The second kappa shape index (κ2) is 5.34. The minimum absolute atomic E-state index is 0. The number of nitrogens with two attached hydrogens (primary N) is 1. The van der Waals surface area contributed by atoms with Gasteiger partial charge in [0.2, 0.25) is 0 Å². The fourth-order valence-electron chi connectivity index (χ4n) is 1.23. The minimum Gasteiger partial charge on any atom is -0.329 e. The van der Waals surface area contributed by atoms with Crippen molar-refractivity contribution in [1.29, 1.82) is 0 Å². The molecule has 1 rings (SSSR count). The van der Waals surface area contributed by atoms with Crippen LogP contribution in [0.1, 0.15) is 10.8 Å². The summed E-state index contributed by atoms with van der Waals surface area (Å²) in [6, 6.07) is 9.02. The first kappa shape index (κ1) is 13.4. The van der Waals surface area contributed by atoms with Gasteiger partial charge in [0.05, 0.1) is 5.25 Å². The third kappa shape index (κ3) is 3.29. The van der Waals surface area contributed by atoms with Crippen LogP contribution in [-0.4, -0.2) is 21.2 Å². The molecule has 1 atom stereocenters. The van der Waals surface area contributed by atoms with Crippen molar-refractivity contribution in [3.05, 3.63) is 35.9 Å². The van der Waals surface area contributed by atoms with Gasteiger partial charge in [-0.15, -0.1) is 12.4 Å². The van der Waals surface area contributed by atoms with Crippen LogP contribution in [0, 0.1) is 0 Å². The summed E-state index contributed by atoms with van der Waals surface area (Å²) in [4.78, 5) is 0. The van der Waals surface area contributed by atoms with E-state index >= 15 is 0 Å². The summed E-state index contributed by atoms with van der Waals surface area (Å²) in [7, 11) is -3.09. The average molecular weight is 236 g/mol. The number of benzene rings is 1. The maximum atomic E-state index is 11.3. The predicted molar refractivity (Wildman–Crippen MR) is 60.3 cm³/mol. The lowest BCUT2D eigenvalue weighted by Gasteiger charge is -2.12. The molecule has 0 radical (unpaired) electrons. The zero-order chi connectivity index (χ0) is 9.90. The molecule has 0 amide bonds. The number of sulfone groups is 1. The third-order valence-corrected chi connectivity index (χ3v) is 3.40. The van der Waals surface area contributed by atoms with Gasteiger partial charge in [0.1, 0.15) is 0 Å². The molecule has 0 aliphatic carbocycles. The second-order valence-corrected chi connectivity index (χ2v) is 5.19. The Bertz CT molecular complexity index is 364. The van der Waals surface area contributed by atoms with Gasteiger partial charge in [-0.05, 0) is 5.56 Å². The van der Waals surface area contributed by atoms with Crippen molar-refractivity contribution in [3.63, 3.8) is 0 Å². The summed E-state index contributed by atoms with van der Waals surface area (Å²) in [5.41, 5.74) is 6.17. The van der Waals surface area contributed by atoms with E-state index in [4.69, 9.17) is 5.73 Å². The minimum atomic E-state index is -3.09. The predicted octanol–water partition coefficient (Wildman–Crippen LogP) is 1.15. The number of rotatable bonds is 3. The van der Waals surface area contributed by atoms with Crippen molar-refractivity contribution < 1.29 is 8.42 Å². The van der Waals surface area contributed by atoms with E-state index in [1.54, 1.807) is 12.1 Å². The van der Waals surface area contributed by atoms with Crippen LogP contribution >= 0.6 is 12.4 Å². The van der Waals surface area contributed by atoms with Crippen LogP contribution in [0.4, 0.5) is 0 Å². The molecule has 0 spiro atoms. The Morgan fingerprint density at radius 2 is 1.79 bits per heavy atom. The Morgan fingerprint density at radius 1 is 1.29 bits per heavy atom. The van der Waals surface area contributed by atoms with Gasteiger partial charge in [0, 0.05) is 12.8 Å².